The van der Waals surface area contributed by atoms with Gasteiger partial charge in [-0.15, -0.1) is 0 Å². The monoisotopic (exact) mass is 440 g/mol. The third-order valence-electron chi connectivity index (χ3n) is 4.51. The Morgan fingerprint density at radius 2 is 0.625 bits per heavy atom. The van der Waals surface area contributed by atoms with Crippen molar-refractivity contribution in [2.24, 2.45) is 0 Å². The fourth-order valence-electron chi connectivity index (χ4n) is 2.96. The van der Waals surface area contributed by atoms with Crippen LogP contribution in [0.4, 0.5) is 0 Å². The third-order valence-corrected chi connectivity index (χ3v) is 4.51. The van der Waals surface area contributed by atoms with Gasteiger partial charge in [-0.1, -0.05) is 125 Å². The normalized spacial score (nSPS) is 11.4. The van der Waals surface area contributed by atoms with Gasteiger partial charge in [0.25, 0.3) is 0 Å². The van der Waals surface area contributed by atoms with Crippen molar-refractivity contribution in [1.82, 2.24) is 0 Å². The molecule has 4 nitrogen and oxygen atoms in total. The molecule has 2 unspecified atom stereocenters. The average molecular weight is 441 g/mol. The van der Waals surface area contributed by atoms with Crippen molar-refractivity contribution in [3.05, 3.63) is 106 Å². The van der Waals surface area contributed by atoms with Crippen LogP contribution < -0.4 is 0 Å². The summed E-state index contributed by atoms with van der Waals surface area (Å²) in [5, 5.41) is 18.7. The van der Waals surface area contributed by atoms with E-state index in [1.807, 2.05) is 128 Å². The molecule has 2 atom stereocenters. The van der Waals surface area contributed by atoms with Crippen LogP contribution in [0.3, 0.4) is 0 Å². The Hall–Kier alpha value is -2.50. The minimum atomic E-state index is -0.572. The summed E-state index contributed by atoms with van der Waals surface area (Å²) in [7, 11) is 0. The van der Waals surface area contributed by atoms with Crippen LogP contribution in [0.2, 0.25) is 0 Å². The first-order valence-electron chi connectivity index (χ1n) is 11.5. The van der Waals surface area contributed by atoms with Crippen LogP contribution in [0.25, 0.3) is 0 Å². The first-order valence-corrected chi connectivity index (χ1v) is 11.5. The quantitative estimate of drug-likeness (QED) is 0.298. The third kappa shape index (κ3) is 8.56. The zero-order valence-corrected chi connectivity index (χ0v) is 20.8. The summed E-state index contributed by atoms with van der Waals surface area (Å²) in [5.41, 5.74) is 5.61. The molecule has 0 bridgehead atoms. The molecule has 0 saturated heterocycles. The zero-order valence-electron chi connectivity index (χ0n) is 20.8. The standard InChI is InChI=1S/C22H22O4.3C2H6/c1-15-3-7-17(8-4-15)21(25-23)19-11-13-20(14-12-19)22(26-24)18-9-5-16(2)6-10-18;3*1-2/h3-14,21-24H,1-2H3;3*1-2H3. The van der Waals surface area contributed by atoms with Gasteiger partial charge in [-0.25, -0.2) is 9.78 Å². The molecule has 0 aliphatic carbocycles. The van der Waals surface area contributed by atoms with Crippen LogP contribution in [-0.4, -0.2) is 10.5 Å². The second-order valence-corrected chi connectivity index (χ2v) is 6.46. The van der Waals surface area contributed by atoms with E-state index in [0.29, 0.717) is 0 Å². The molecular weight excluding hydrogens is 400 g/mol. The predicted molar refractivity (Wildman–Crippen MR) is 134 cm³/mol. The molecule has 0 heterocycles. The summed E-state index contributed by atoms with van der Waals surface area (Å²) in [6, 6.07) is 23.0. The topological polar surface area (TPSA) is 58.9 Å². The Kier molecular flexibility index (Phi) is 15.8. The van der Waals surface area contributed by atoms with E-state index < -0.39 is 12.2 Å². The Bertz CT molecular complexity index is 752. The largest absolute Gasteiger partial charge is 0.251 e. The molecule has 0 aliphatic rings. The van der Waals surface area contributed by atoms with E-state index in [-0.39, 0.29) is 0 Å². The van der Waals surface area contributed by atoms with E-state index in [1.54, 1.807) is 0 Å². The van der Waals surface area contributed by atoms with Crippen molar-refractivity contribution < 1.29 is 20.3 Å². The summed E-state index contributed by atoms with van der Waals surface area (Å²) < 4.78 is 0. The van der Waals surface area contributed by atoms with Crippen LogP contribution >= 0.6 is 0 Å². The van der Waals surface area contributed by atoms with E-state index in [9.17, 15) is 10.5 Å². The van der Waals surface area contributed by atoms with E-state index in [0.717, 1.165) is 33.4 Å². The van der Waals surface area contributed by atoms with E-state index >= 15 is 0 Å². The highest BCUT2D eigenvalue weighted by molar-refractivity contribution is 5.37. The molecule has 0 aliphatic heterocycles. The van der Waals surface area contributed by atoms with Crippen molar-refractivity contribution in [1.29, 1.82) is 0 Å². The van der Waals surface area contributed by atoms with Gasteiger partial charge in [0.1, 0.15) is 12.2 Å². The van der Waals surface area contributed by atoms with Gasteiger partial charge in [-0.3, -0.25) is 10.5 Å². The average Bonchev–Trinajstić information content (AvgIpc) is 2.87. The smallest absolute Gasteiger partial charge is 0.143 e. The highest BCUT2D eigenvalue weighted by Gasteiger charge is 2.18. The van der Waals surface area contributed by atoms with Crippen molar-refractivity contribution >= 4 is 0 Å². The van der Waals surface area contributed by atoms with Gasteiger partial charge in [0.05, 0.1) is 0 Å². The molecule has 176 valence electrons. The molecule has 3 rings (SSSR count). The first-order chi connectivity index (χ1) is 15.6. The van der Waals surface area contributed by atoms with Gasteiger partial charge in [-0.05, 0) is 36.1 Å². The van der Waals surface area contributed by atoms with Gasteiger partial charge in [0.2, 0.25) is 0 Å². The molecule has 0 radical (unpaired) electrons. The fourth-order valence-corrected chi connectivity index (χ4v) is 2.96. The molecule has 0 spiro atoms. The minimum Gasteiger partial charge on any atom is -0.251 e. The number of hydrogen-bond acceptors (Lipinski definition) is 4. The van der Waals surface area contributed by atoms with Crippen LogP contribution in [0.1, 0.15) is 87.1 Å². The zero-order chi connectivity index (χ0) is 24.5. The van der Waals surface area contributed by atoms with Crippen LogP contribution in [0.5, 0.6) is 0 Å². The van der Waals surface area contributed by atoms with Gasteiger partial charge < -0.3 is 0 Å². The molecule has 0 fully saturated rings. The Labute approximate surface area is 194 Å². The van der Waals surface area contributed by atoms with E-state index in [1.165, 1.54) is 0 Å². The lowest BCUT2D eigenvalue weighted by atomic mass is 9.96. The van der Waals surface area contributed by atoms with Crippen LogP contribution in [-0.2, 0) is 9.78 Å². The van der Waals surface area contributed by atoms with Crippen molar-refractivity contribution in [3.63, 3.8) is 0 Å². The lowest BCUT2D eigenvalue weighted by Crippen LogP contribution is -2.06. The highest BCUT2D eigenvalue weighted by Crippen LogP contribution is 2.30. The molecule has 0 aromatic heterocycles. The molecule has 32 heavy (non-hydrogen) atoms. The maximum absolute atomic E-state index is 9.37. The number of benzene rings is 3. The molecule has 3 aromatic rings. The van der Waals surface area contributed by atoms with Crippen molar-refractivity contribution in [2.45, 2.75) is 67.6 Å². The SMILES string of the molecule is CC.CC.CC.Cc1ccc(C(OO)c2ccc(C(OO)c3ccc(C)cc3)cc2)cc1. The van der Waals surface area contributed by atoms with Gasteiger partial charge in [0.15, 0.2) is 0 Å². The summed E-state index contributed by atoms with van der Waals surface area (Å²) in [6.07, 6.45) is -1.14. The summed E-state index contributed by atoms with van der Waals surface area (Å²) >= 11 is 0. The second kappa shape index (κ2) is 17.1. The van der Waals surface area contributed by atoms with Crippen LogP contribution in [0.15, 0.2) is 72.8 Å². The van der Waals surface area contributed by atoms with Crippen molar-refractivity contribution in [2.75, 3.05) is 0 Å². The van der Waals surface area contributed by atoms with Gasteiger partial charge >= 0.3 is 0 Å². The lowest BCUT2D eigenvalue weighted by Gasteiger charge is -2.18. The van der Waals surface area contributed by atoms with Crippen molar-refractivity contribution in [3.8, 4) is 0 Å². The maximum atomic E-state index is 9.37. The molecular formula is C28H40O4. The van der Waals surface area contributed by atoms with Crippen LogP contribution in [0, 0.1) is 13.8 Å². The lowest BCUT2D eigenvalue weighted by molar-refractivity contribution is -0.271. The molecule has 4 heteroatoms. The van der Waals surface area contributed by atoms with E-state index in [4.69, 9.17) is 9.78 Å². The molecule has 0 amide bonds. The van der Waals surface area contributed by atoms with Gasteiger partial charge in [0, 0.05) is 0 Å². The Morgan fingerprint density at radius 3 is 0.812 bits per heavy atom. The summed E-state index contributed by atoms with van der Waals surface area (Å²) in [4.78, 5) is 9.41. The summed E-state index contributed by atoms with van der Waals surface area (Å²) in [6.45, 7) is 16.0. The first kappa shape index (κ1) is 29.5. The van der Waals surface area contributed by atoms with Gasteiger partial charge in [-0.2, -0.15) is 0 Å². The maximum Gasteiger partial charge on any atom is 0.143 e. The summed E-state index contributed by atoms with van der Waals surface area (Å²) in [5.74, 6) is 0. The minimum absolute atomic E-state index is 0.572. The fraction of sp³-hybridized carbons (Fsp3) is 0.357. The highest BCUT2D eigenvalue weighted by atomic mass is 17.1. The Morgan fingerprint density at radius 1 is 0.438 bits per heavy atom. The molecule has 3 aromatic carbocycles. The number of aryl methyl sites for hydroxylation is 2. The van der Waals surface area contributed by atoms with E-state index in [2.05, 4.69) is 0 Å². The predicted octanol–water partition coefficient (Wildman–Crippen LogP) is 8.54. The second-order valence-electron chi connectivity index (χ2n) is 6.46. The molecule has 2 N–H and O–H groups in total. The number of rotatable bonds is 6. The Balaban J connectivity index is 0.00000148. The molecule has 0 saturated carbocycles. The number of hydrogen-bond donors (Lipinski definition) is 2.